The van der Waals surface area contributed by atoms with Gasteiger partial charge in [-0.3, -0.25) is 0 Å². The Balaban J connectivity index is 1.66. The third kappa shape index (κ3) is 6.06. The van der Waals surface area contributed by atoms with Crippen molar-refractivity contribution in [3.63, 3.8) is 0 Å². The molecule has 0 amide bonds. The summed E-state index contributed by atoms with van der Waals surface area (Å²) in [6.07, 6.45) is -1.96. The molecule has 0 heterocycles. The third-order valence-corrected chi connectivity index (χ3v) is 4.20. The molecule has 1 atom stereocenters. The first-order chi connectivity index (χ1) is 16.4. The zero-order valence-electron chi connectivity index (χ0n) is 21.3. The molecule has 0 fully saturated rings. The molecule has 3 aromatic rings. The number of carboxylic acid groups (broad SMARTS) is 1. The molecule has 3 aromatic carbocycles. The number of halogens is 1. The first-order valence-corrected chi connectivity index (χ1v) is 9.18. The van der Waals surface area contributed by atoms with Crippen LogP contribution in [0.4, 0.5) is 5.69 Å². The molecule has 6 heteroatoms. The van der Waals surface area contributed by atoms with Crippen molar-refractivity contribution in [2.24, 2.45) is 0 Å². The number of hydrogen-bond donors (Lipinski definition) is 4. The number of rotatable bonds is 9. The highest BCUT2D eigenvalue weighted by Crippen LogP contribution is 2.23. The second-order valence-corrected chi connectivity index (χ2v) is 6.47. The molecule has 0 aromatic heterocycles. The van der Waals surface area contributed by atoms with Gasteiger partial charge >= 0.3 is 5.97 Å². The van der Waals surface area contributed by atoms with Gasteiger partial charge in [0.25, 0.3) is 0 Å². The van der Waals surface area contributed by atoms with E-state index in [0.717, 1.165) is 11.1 Å². The fraction of sp³-hybridized carbons (Fsp3) is 0.174. The van der Waals surface area contributed by atoms with Gasteiger partial charge in [-0.15, -0.1) is 0 Å². The number of hydrogen-bond acceptors (Lipinski definition) is 4. The lowest BCUT2D eigenvalue weighted by atomic mass is 10.0. The highest BCUT2D eigenvalue weighted by atomic mass is 35.5. The van der Waals surface area contributed by atoms with Crippen LogP contribution in [-0.4, -0.2) is 35.8 Å². The van der Waals surface area contributed by atoms with Crippen LogP contribution in [-0.2, 0) is 0 Å². The van der Waals surface area contributed by atoms with Gasteiger partial charge in [0, 0.05) is 33.0 Å². The summed E-state index contributed by atoms with van der Waals surface area (Å²) in [5.41, 5.74) is 1.95. The second kappa shape index (κ2) is 10.1. The second-order valence-electron chi connectivity index (χ2n) is 6.09. The summed E-state index contributed by atoms with van der Waals surface area (Å²) in [5.74, 6) is -1.02. The topological polar surface area (TPSA) is 81.6 Å². The van der Waals surface area contributed by atoms with Crippen molar-refractivity contribution < 1.29 is 23.2 Å². The molecule has 3 rings (SSSR count). The maximum atomic E-state index is 11.2. The van der Waals surface area contributed by atoms with E-state index < -0.39 is 53.3 Å². The highest BCUT2D eigenvalue weighted by Gasteiger charge is 2.07. The van der Waals surface area contributed by atoms with Gasteiger partial charge in [0.05, 0.1) is 17.2 Å². The molecule has 0 aliphatic rings. The van der Waals surface area contributed by atoms with Crippen LogP contribution in [0.1, 0.15) is 30.2 Å². The molecule has 5 nitrogen and oxygen atoms in total. The quantitative estimate of drug-likeness (QED) is 0.388. The fourth-order valence-electron chi connectivity index (χ4n) is 2.62. The molecule has 0 aliphatic heterocycles. The molecule has 0 radical (unpaired) electrons. The summed E-state index contributed by atoms with van der Waals surface area (Å²) in [5, 5.41) is 25.0. The minimum absolute atomic E-state index is 0.0570. The van der Waals surface area contributed by atoms with Gasteiger partial charge in [-0.25, -0.2) is 4.79 Å². The Kier molecular flexibility index (Phi) is 4.92. The van der Waals surface area contributed by atoms with Crippen LogP contribution >= 0.6 is 11.6 Å². The molecule has 0 unspecified atom stereocenters. The SMILES string of the molecule is [2H]c1c([2H])c(Cl)c([2H])c([C@@H](O)C([2H])([2H])NCCNc2cccc(-c3cccc(C(=O)O)c3)c2)c1[2H]. The van der Waals surface area contributed by atoms with Gasteiger partial charge < -0.3 is 20.8 Å². The van der Waals surface area contributed by atoms with E-state index in [-0.39, 0.29) is 18.7 Å². The molecule has 0 spiro atoms. The van der Waals surface area contributed by atoms with E-state index in [4.69, 9.17) is 19.8 Å². The van der Waals surface area contributed by atoms with Crippen LogP contribution in [0.5, 0.6) is 0 Å². The van der Waals surface area contributed by atoms with Crippen LogP contribution in [0.2, 0.25) is 5.02 Å². The van der Waals surface area contributed by atoms with E-state index >= 15 is 0 Å². The average Bonchev–Trinajstić information content (AvgIpc) is 2.84. The van der Waals surface area contributed by atoms with E-state index in [2.05, 4.69) is 10.6 Å². The van der Waals surface area contributed by atoms with Gasteiger partial charge in [-0.05, 0) is 53.0 Å². The molecule has 0 bridgehead atoms. The lowest BCUT2D eigenvalue weighted by Crippen LogP contribution is -2.26. The van der Waals surface area contributed by atoms with E-state index in [0.29, 0.717) is 5.69 Å². The summed E-state index contributed by atoms with van der Waals surface area (Å²) >= 11 is 5.86. The molecule has 150 valence electrons. The van der Waals surface area contributed by atoms with Crippen LogP contribution in [0, 0.1) is 0 Å². The third-order valence-electron chi connectivity index (χ3n) is 4.01. The number of benzene rings is 3. The van der Waals surface area contributed by atoms with E-state index in [9.17, 15) is 15.0 Å². The van der Waals surface area contributed by atoms with Gasteiger partial charge in [0.15, 0.2) is 0 Å². The van der Waals surface area contributed by atoms with Crippen LogP contribution in [0.25, 0.3) is 11.1 Å². The van der Waals surface area contributed by atoms with E-state index in [1.807, 2.05) is 12.1 Å². The largest absolute Gasteiger partial charge is 0.478 e. The maximum Gasteiger partial charge on any atom is 0.335 e. The summed E-state index contributed by atoms with van der Waals surface area (Å²) in [6, 6.07) is 11.5. The van der Waals surface area contributed by atoms with Gasteiger partial charge in [-0.2, -0.15) is 0 Å². The zero-order chi connectivity index (χ0) is 25.9. The first-order valence-electron chi connectivity index (χ1n) is 11.8. The first kappa shape index (κ1) is 14.2. The molecule has 4 N–H and O–H groups in total. The number of carboxylic acids is 1. The Labute approximate surface area is 183 Å². The Hall–Kier alpha value is -2.86. The smallest absolute Gasteiger partial charge is 0.335 e. The minimum atomic E-state index is -2.45. The van der Waals surface area contributed by atoms with Crippen molar-refractivity contribution in [1.82, 2.24) is 5.32 Å². The number of aliphatic hydroxyl groups excluding tert-OH is 1. The lowest BCUT2D eigenvalue weighted by molar-refractivity contribution is 0.0697. The van der Waals surface area contributed by atoms with Gasteiger partial charge in [0.1, 0.15) is 0 Å². The number of anilines is 1. The van der Waals surface area contributed by atoms with Gasteiger partial charge in [0.2, 0.25) is 0 Å². The zero-order valence-corrected chi connectivity index (χ0v) is 16.0. The number of aromatic carboxylic acids is 1. The van der Waals surface area contributed by atoms with Crippen molar-refractivity contribution in [3.8, 4) is 11.1 Å². The summed E-state index contributed by atoms with van der Waals surface area (Å²) in [7, 11) is 0. The number of aliphatic hydroxyl groups is 1. The Bertz CT molecular complexity index is 1230. The summed E-state index contributed by atoms with van der Waals surface area (Å²) in [6.45, 7) is -2.14. The Morgan fingerprint density at radius 2 is 1.90 bits per heavy atom. The van der Waals surface area contributed by atoms with Crippen molar-refractivity contribution in [2.45, 2.75) is 6.10 Å². The monoisotopic (exact) mass is 416 g/mol. The van der Waals surface area contributed by atoms with Crippen LogP contribution in [0.3, 0.4) is 0 Å². The predicted molar refractivity (Wildman–Crippen MR) is 117 cm³/mol. The molecular formula is C23H23ClN2O3. The molecular weight excluding hydrogens is 388 g/mol. The van der Waals surface area contributed by atoms with E-state index in [1.165, 1.54) is 6.07 Å². The molecule has 0 aliphatic carbocycles. The summed E-state index contributed by atoms with van der Waals surface area (Å²) < 4.78 is 47.7. The fourth-order valence-corrected chi connectivity index (χ4v) is 2.77. The standard InChI is InChI=1S/C23H23ClN2O3/c24-20-8-2-6-18(13-20)22(27)15-25-10-11-26-21-9-3-5-17(14-21)16-4-1-7-19(12-16)23(28)29/h1-9,12-14,22,25-27H,10-11,15H2,(H,28,29)/t22-/m0/s1/i2D,6D,8D,13D,15D2. The van der Waals surface area contributed by atoms with Crippen molar-refractivity contribution in [2.75, 3.05) is 24.9 Å². The lowest BCUT2D eigenvalue weighted by Gasteiger charge is -2.13. The number of nitrogens with one attached hydrogen (secondary N) is 2. The van der Waals surface area contributed by atoms with E-state index in [1.54, 1.807) is 30.3 Å². The van der Waals surface area contributed by atoms with Crippen LogP contribution < -0.4 is 10.6 Å². The summed E-state index contributed by atoms with van der Waals surface area (Å²) in [4.78, 5) is 11.2. The van der Waals surface area contributed by atoms with Gasteiger partial charge in [-0.1, -0.05) is 48.0 Å². The highest BCUT2D eigenvalue weighted by molar-refractivity contribution is 6.30. The molecule has 29 heavy (non-hydrogen) atoms. The Morgan fingerprint density at radius 1 is 1.14 bits per heavy atom. The van der Waals surface area contributed by atoms with Crippen LogP contribution in [0.15, 0.2) is 72.7 Å². The maximum absolute atomic E-state index is 11.2. The van der Waals surface area contributed by atoms with Crippen molar-refractivity contribution in [1.29, 1.82) is 0 Å². The van der Waals surface area contributed by atoms with Crippen molar-refractivity contribution >= 4 is 23.3 Å². The minimum Gasteiger partial charge on any atom is -0.478 e. The molecule has 0 saturated heterocycles. The normalized spacial score (nSPS) is 15.2. The Morgan fingerprint density at radius 3 is 2.69 bits per heavy atom. The van der Waals surface area contributed by atoms with Crippen molar-refractivity contribution in [3.05, 3.63) is 88.9 Å². The molecule has 0 saturated carbocycles. The average molecular weight is 417 g/mol. The predicted octanol–water partition coefficient (Wildman–Crippen LogP) is 4.44. The number of carbonyl (C=O) groups is 1.